The third-order valence-electron chi connectivity index (χ3n) is 2.84. The number of fused-ring (bicyclic) bond motifs is 1. The Balaban J connectivity index is 2.86. The molecule has 0 aromatic carbocycles. The fourth-order valence-electron chi connectivity index (χ4n) is 2.08. The van der Waals surface area contributed by atoms with Gasteiger partial charge in [0.25, 0.3) is 0 Å². The lowest BCUT2D eigenvalue weighted by atomic mass is 10.1. The van der Waals surface area contributed by atoms with E-state index in [2.05, 4.69) is 4.98 Å². The first-order valence-electron chi connectivity index (χ1n) is 5.31. The molecule has 0 N–H and O–H groups in total. The van der Waals surface area contributed by atoms with Crippen LogP contribution in [-0.2, 0) is 18.2 Å². The maximum Gasteiger partial charge on any atom is 0.340 e. The van der Waals surface area contributed by atoms with Crippen molar-refractivity contribution in [3.8, 4) is 0 Å². The quantitative estimate of drug-likeness (QED) is 0.772. The van der Waals surface area contributed by atoms with Crippen molar-refractivity contribution in [3.63, 3.8) is 0 Å². The Hall–Kier alpha value is -1.55. The fourth-order valence-corrected chi connectivity index (χ4v) is 2.24. The summed E-state index contributed by atoms with van der Waals surface area (Å²) in [7, 11) is 3.26. The number of aryl methyl sites for hydroxylation is 1. The molecule has 0 unspecified atom stereocenters. The third-order valence-corrected chi connectivity index (χ3v) is 3.04. The van der Waals surface area contributed by atoms with Crippen LogP contribution in [0.25, 0.3) is 11.0 Å². The summed E-state index contributed by atoms with van der Waals surface area (Å²) in [5, 5.41) is 1.25. The Bertz CT molecular complexity index is 590. The Morgan fingerprint density at radius 2 is 2.29 bits per heavy atom. The lowest BCUT2D eigenvalue weighted by molar-refractivity contribution is 0.0601. The summed E-state index contributed by atoms with van der Waals surface area (Å²) in [5.41, 5.74) is 2.20. The molecule has 90 valence electrons. The monoisotopic (exact) mass is 252 g/mol. The standard InChI is InChI=1S/C12H13ClN2O2/c1-4-9-10(12(16)17-3)8-5-7(13)6-14-11(8)15(9)2/h5-6H,4H2,1-3H3. The van der Waals surface area contributed by atoms with Gasteiger partial charge in [-0.25, -0.2) is 9.78 Å². The summed E-state index contributed by atoms with van der Waals surface area (Å²) in [6, 6.07) is 1.75. The van der Waals surface area contributed by atoms with Crippen molar-refractivity contribution in [1.29, 1.82) is 0 Å². The van der Waals surface area contributed by atoms with Crippen molar-refractivity contribution in [3.05, 3.63) is 28.5 Å². The molecule has 4 nitrogen and oxygen atoms in total. The first-order chi connectivity index (χ1) is 8.10. The second-order valence-corrected chi connectivity index (χ2v) is 4.19. The van der Waals surface area contributed by atoms with E-state index in [-0.39, 0.29) is 5.97 Å². The number of esters is 1. The van der Waals surface area contributed by atoms with Crippen LogP contribution in [0.15, 0.2) is 12.3 Å². The van der Waals surface area contributed by atoms with Crippen molar-refractivity contribution in [2.45, 2.75) is 13.3 Å². The minimum atomic E-state index is -0.350. The molecule has 0 fully saturated rings. The van der Waals surface area contributed by atoms with E-state index in [1.165, 1.54) is 7.11 Å². The van der Waals surface area contributed by atoms with E-state index in [0.29, 0.717) is 10.6 Å². The maximum atomic E-state index is 11.8. The molecule has 2 aromatic rings. The van der Waals surface area contributed by atoms with Crippen molar-refractivity contribution < 1.29 is 9.53 Å². The zero-order valence-electron chi connectivity index (χ0n) is 9.95. The highest BCUT2D eigenvalue weighted by Gasteiger charge is 2.21. The Kier molecular flexibility index (Phi) is 3.07. The van der Waals surface area contributed by atoms with Crippen molar-refractivity contribution in [2.75, 3.05) is 7.11 Å². The van der Waals surface area contributed by atoms with Gasteiger partial charge in [-0.05, 0) is 12.5 Å². The Morgan fingerprint density at radius 3 is 2.88 bits per heavy atom. The van der Waals surface area contributed by atoms with Gasteiger partial charge in [-0.2, -0.15) is 0 Å². The van der Waals surface area contributed by atoms with E-state index < -0.39 is 0 Å². The number of halogens is 1. The predicted molar refractivity (Wildman–Crippen MR) is 66.4 cm³/mol. The average molecular weight is 253 g/mol. The highest BCUT2D eigenvalue weighted by atomic mass is 35.5. The van der Waals surface area contributed by atoms with Crippen LogP contribution in [0, 0.1) is 0 Å². The molecule has 0 saturated carbocycles. The Labute approximate surface area is 104 Å². The van der Waals surface area contributed by atoms with E-state index >= 15 is 0 Å². The van der Waals surface area contributed by atoms with Gasteiger partial charge in [0.05, 0.1) is 17.7 Å². The number of ether oxygens (including phenoxy) is 1. The van der Waals surface area contributed by atoms with E-state index in [0.717, 1.165) is 23.1 Å². The third kappa shape index (κ3) is 1.78. The zero-order valence-corrected chi connectivity index (χ0v) is 10.7. The summed E-state index contributed by atoms with van der Waals surface area (Å²) in [6.07, 6.45) is 2.30. The highest BCUT2D eigenvalue weighted by Crippen LogP contribution is 2.27. The molecule has 17 heavy (non-hydrogen) atoms. The van der Waals surface area contributed by atoms with E-state index in [1.54, 1.807) is 12.3 Å². The largest absolute Gasteiger partial charge is 0.465 e. The van der Waals surface area contributed by atoms with Crippen LogP contribution in [-0.4, -0.2) is 22.6 Å². The van der Waals surface area contributed by atoms with E-state index in [1.807, 2.05) is 18.5 Å². The maximum absolute atomic E-state index is 11.8. The van der Waals surface area contributed by atoms with Crippen molar-refractivity contribution in [2.24, 2.45) is 7.05 Å². The number of aromatic nitrogens is 2. The lowest BCUT2D eigenvalue weighted by Crippen LogP contribution is -2.05. The van der Waals surface area contributed by atoms with Gasteiger partial charge >= 0.3 is 5.97 Å². The molecule has 0 aliphatic rings. The highest BCUT2D eigenvalue weighted by molar-refractivity contribution is 6.31. The molecule has 0 amide bonds. The van der Waals surface area contributed by atoms with Gasteiger partial charge in [-0.15, -0.1) is 0 Å². The van der Waals surface area contributed by atoms with Gasteiger partial charge in [-0.3, -0.25) is 0 Å². The van der Waals surface area contributed by atoms with E-state index in [4.69, 9.17) is 16.3 Å². The summed E-state index contributed by atoms with van der Waals surface area (Å²) in [6.45, 7) is 1.99. The minimum Gasteiger partial charge on any atom is -0.465 e. The van der Waals surface area contributed by atoms with Crippen LogP contribution in [0.1, 0.15) is 23.0 Å². The summed E-state index contributed by atoms with van der Waals surface area (Å²) < 4.78 is 6.72. The SMILES string of the molecule is CCc1c(C(=O)OC)c2cc(Cl)cnc2n1C. The molecular formula is C12H13ClN2O2. The molecule has 0 spiro atoms. The van der Waals surface area contributed by atoms with Gasteiger partial charge in [0.2, 0.25) is 0 Å². The van der Waals surface area contributed by atoms with Gasteiger partial charge in [-0.1, -0.05) is 18.5 Å². The molecule has 0 atom stereocenters. The fraction of sp³-hybridized carbons (Fsp3) is 0.333. The summed E-state index contributed by atoms with van der Waals surface area (Å²) in [4.78, 5) is 16.1. The number of hydrogen-bond acceptors (Lipinski definition) is 3. The molecule has 0 aliphatic heterocycles. The molecule has 0 bridgehead atoms. The van der Waals surface area contributed by atoms with E-state index in [9.17, 15) is 4.79 Å². The summed E-state index contributed by atoms with van der Waals surface area (Å²) in [5.74, 6) is -0.350. The second-order valence-electron chi connectivity index (χ2n) is 3.75. The smallest absolute Gasteiger partial charge is 0.340 e. The molecule has 2 rings (SSSR count). The molecule has 2 heterocycles. The molecular weight excluding hydrogens is 240 g/mol. The van der Waals surface area contributed by atoms with Crippen LogP contribution >= 0.6 is 11.6 Å². The van der Waals surface area contributed by atoms with Crippen molar-refractivity contribution in [1.82, 2.24) is 9.55 Å². The normalized spacial score (nSPS) is 10.8. The number of nitrogens with zero attached hydrogens (tertiary/aromatic N) is 2. The van der Waals surface area contributed by atoms with Crippen molar-refractivity contribution >= 4 is 28.6 Å². The van der Waals surface area contributed by atoms with Crippen LogP contribution in [0.5, 0.6) is 0 Å². The number of carbonyl (C=O) groups is 1. The number of methoxy groups -OCH3 is 1. The number of rotatable bonds is 2. The minimum absolute atomic E-state index is 0.350. The number of hydrogen-bond donors (Lipinski definition) is 0. The lowest BCUT2D eigenvalue weighted by Gasteiger charge is -2.02. The zero-order chi connectivity index (χ0) is 12.6. The van der Waals surface area contributed by atoms with Crippen LogP contribution in [0.3, 0.4) is 0 Å². The van der Waals surface area contributed by atoms with Gasteiger partial charge in [0.1, 0.15) is 5.65 Å². The topological polar surface area (TPSA) is 44.1 Å². The molecule has 0 radical (unpaired) electrons. The van der Waals surface area contributed by atoms with Gasteiger partial charge in [0, 0.05) is 24.3 Å². The Morgan fingerprint density at radius 1 is 1.59 bits per heavy atom. The average Bonchev–Trinajstić information content (AvgIpc) is 2.60. The first-order valence-corrected chi connectivity index (χ1v) is 5.69. The molecule has 0 aliphatic carbocycles. The van der Waals surface area contributed by atoms with Gasteiger partial charge in [0.15, 0.2) is 0 Å². The number of pyridine rings is 1. The second kappa shape index (κ2) is 4.37. The molecule has 0 saturated heterocycles. The summed E-state index contributed by atoms with van der Waals surface area (Å²) >= 11 is 5.92. The number of carbonyl (C=O) groups excluding carboxylic acids is 1. The molecule has 2 aromatic heterocycles. The van der Waals surface area contributed by atoms with Gasteiger partial charge < -0.3 is 9.30 Å². The predicted octanol–water partition coefficient (Wildman–Crippen LogP) is 2.58. The first kappa shape index (κ1) is 11.9. The van der Waals surface area contributed by atoms with Crippen LogP contribution in [0.4, 0.5) is 0 Å². The van der Waals surface area contributed by atoms with Crippen LogP contribution in [0.2, 0.25) is 5.02 Å². The van der Waals surface area contributed by atoms with Crippen LogP contribution < -0.4 is 0 Å². The molecule has 5 heteroatoms.